The molecule has 0 saturated carbocycles. The summed E-state index contributed by atoms with van der Waals surface area (Å²) in [6.45, 7) is 3.84. The van der Waals surface area contributed by atoms with Crippen LogP contribution in [0.1, 0.15) is 55.8 Å². The summed E-state index contributed by atoms with van der Waals surface area (Å²) in [5, 5.41) is 6.00. The SMILES string of the molecule is O=C(C[C@@H]1C/C=C/CCC(=O)OC(c2ccccc2)CNC1=O)NCC1CCN(Cc2ccccc2)CC1. The van der Waals surface area contributed by atoms with Gasteiger partial charge in [-0.3, -0.25) is 19.3 Å². The number of likely N-dealkylation sites (tertiary alicyclic amines) is 1. The molecule has 0 radical (unpaired) electrons. The Morgan fingerprint density at radius 1 is 0.974 bits per heavy atom. The Morgan fingerprint density at radius 3 is 2.42 bits per heavy atom. The highest BCUT2D eigenvalue weighted by Gasteiger charge is 2.25. The Bertz CT molecular complexity index is 1070. The third-order valence-corrected chi connectivity index (χ3v) is 7.36. The average molecular weight is 518 g/mol. The summed E-state index contributed by atoms with van der Waals surface area (Å²) in [5.74, 6) is -0.594. The van der Waals surface area contributed by atoms with Crippen molar-refractivity contribution in [2.24, 2.45) is 11.8 Å². The minimum atomic E-state index is -0.557. The van der Waals surface area contributed by atoms with Crippen molar-refractivity contribution in [3.8, 4) is 0 Å². The number of nitrogens with zero attached hydrogens (tertiary/aromatic N) is 1. The molecule has 2 aromatic carbocycles. The lowest BCUT2D eigenvalue weighted by molar-refractivity contribution is -0.150. The molecule has 0 bridgehead atoms. The molecule has 2 aliphatic heterocycles. The van der Waals surface area contributed by atoms with Gasteiger partial charge in [-0.15, -0.1) is 0 Å². The Labute approximate surface area is 225 Å². The molecule has 38 heavy (non-hydrogen) atoms. The monoisotopic (exact) mass is 517 g/mol. The molecule has 0 aliphatic carbocycles. The first-order chi connectivity index (χ1) is 18.6. The normalized spacial score (nSPS) is 22.8. The van der Waals surface area contributed by atoms with Gasteiger partial charge in [0.2, 0.25) is 11.8 Å². The van der Waals surface area contributed by atoms with E-state index in [0.717, 1.165) is 38.0 Å². The highest BCUT2D eigenvalue weighted by molar-refractivity contribution is 5.86. The lowest BCUT2D eigenvalue weighted by Gasteiger charge is -2.32. The fourth-order valence-electron chi connectivity index (χ4n) is 5.06. The number of benzene rings is 2. The van der Waals surface area contributed by atoms with Crippen LogP contribution in [0.3, 0.4) is 0 Å². The topological polar surface area (TPSA) is 87.7 Å². The first kappa shape index (κ1) is 27.6. The van der Waals surface area contributed by atoms with E-state index in [1.54, 1.807) is 0 Å². The van der Waals surface area contributed by atoms with Gasteiger partial charge in [-0.2, -0.15) is 0 Å². The van der Waals surface area contributed by atoms with Crippen molar-refractivity contribution in [3.63, 3.8) is 0 Å². The number of esters is 1. The van der Waals surface area contributed by atoms with Crippen LogP contribution >= 0.6 is 0 Å². The van der Waals surface area contributed by atoms with Crippen LogP contribution in [0, 0.1) is 11.8 Å². The number of amides is 2. The van der Waals surface area contributed by atoms with Gasteiger partial charge in [0.25, 0.3) is 0 Å². The number of allylic oxidation sites excluding steroid dienone is 2. The van der Waals surface area contributed by atoms with Crippen molar-refractivity contribution >= 4 is 17.8 Å². The molecule has 7 heteroatoms. The fraction of sp³-hybridized carbons (Fsp3) is 0.452. The van der Waals surface area contributed by atoms with E-state index < -0.39 is 12.0 Å². The third-order valence-electron chi connectivity index (χ3n) is 7.36. The van der Waals surface area contributed by atoms with E-state index in [4.69, 9.17) is 4.74 Å². The van der Waals surface area contributed by atoms with Crippen molar-refractivity contribution in [2.45, 2.75) is 51.2 Å². The Kier molecular flexibility index (Phi) is 10.5. The van der Waals surface area contributed by atoms with Crippen molar-refractivity contribution in [2.75, 3.05) is 26.2 Å². The summed E-state index contributed by atoms with van der Waals surface area (Å²) in [6.07, 6.45) is 6.76. The molecular weight excluding hydrogens is 478 g/mol. The zero-order chi connectivity index (χ0) is 26.6. The van der Waals surface area contributed by atoms with E-state index in [2.05, 4.69) is 39.8 Å². The maximum absolute atomic E-state index is 13.0. The van der Waals surface area contributed by atoms with Crippen molar-refractivity contribution < 1.29 is 19.1 Å². The number of nitrogens with one attached hydrogen (secondary N) is 2. The van der Waals surface area contributed by atoms with Crippen molar-refractivity contribution in [1.29, 1.82) is 0 Å². The van der Waals surface area contributed by atoms with Gasteiger partial charge < -0.3 is 15.4 Å². The summed E-state index contributed by atoms with van der Waals surface area (Å²) >= 11 is 0. The standard InChI is InChI=1S/C31H39N3O4/c35-29(32-21-24-16-18-34(19-17-24)23-25-10-4-1-5-11-25)20-27-14-8-3-9-15-30(36)38-28(22-33-31(27)37)26-12-6-2-7-13-26/h1-8,10-13,24,27-28H,9,14-23H2,(H,32,35)(H,33,37)/b8-3+/t27-,28?/m0/s1. The zero-order valence-corrected chi connectivity index (χ0v) is 22.0. The lowest BCUT2D eigenvalue weighted by atomic mass is 9.95. The second kappa shape index (κ2) is 14.5. The van der Waals surface area contributed by atoms with E-state index in [1.165, 1.54) is 5.56 Å². The molecule has 4 rings (SSSR count). The average Bonchev–Trinajstić information content (AvgIpc) is 2.94. The first-order valence-corrected chi connectivity index (χ1v) is 13.8. The molecule has 2 aliphatic rings. The number of hydrogen-bond donors (Lipinski definition) is 2. The summed E-state index contributed by atoms with van der Waals surface area (Å²) in [4.78, 5) is 40.6. The Morgan fingerprint density at radius 2 is 1.68 bits per heavy atom. The van der Waals surface area contributed by atoms with E-state index in [0.29, 0.717) is 25.3 Å². The van der Waals surface area contributed by atoms with Crippen LogP contribution < -0.4 is 10.6 Å². The van der Waals surface area contributed by atoms with E-state index >= 15 is 0 Å². The number of piperidine rings is 1. The number of carbonyl (C=O) groups excluding carboxylic acids is 3. The van der Waals surface area contributed by atoms with Gasteiger partial charge in [0.05, 0.1) is 12.5 Å². The molecule has 1 unspecified atom stereocenters. The highest BCUT2D eigenvalue weighted by atomic mass is 16.5. The molecule has 2 aromatic rings. The molecule has 1 fully saturated rings. The first-order valence-electron chi connectivity index (χ1n) is 13.8. The van der Waals surface area contributed by atoms with Crippen LogP contribution in [0.25, 0.3) is 0 Å². The lowest BCUT2D eigenvalue weighted by Crippen LogP contribution is -2.40. The van der Waals surface area contributed by atoms with Gasteiger partial charge in [-0.25, -0.2) is 0 Å². The van der Waals surface area contributed by atoms with Crippen LogP contribution in [-0.4, -0.2) is 48.9 Å². The highest BCUT2D eigenvalue weighted by Crippen LogP contribution is 2.21. The van der Waals surface area contributed by atoms with Crippen molar-refractivity contribution in [1.82, 2.24) is 15.5 Å². The minimum Gasteiger partial charge on any atom is -0.456 e. The van der Waals surface area contributed by atoms with Crippen LogP contribution in [0.15, 0.2) is 72.8 Å². The van der Waals surface area contributed by atoms with Gasteiger partial charge in [-0.1, -0.05) is 72.8 Å². The van der Waals surface area contributed by atoms with Crippen LogP contribution in [-0.2, 0) is 25.7 Å². The number of hydrogen-bond acceptors (Lipinski definition) is 5. The van der Waals surface area contributed by atoms with Crippen LogP contribution in [0.2, 0.25) is 0 Å². The van der Waals surface area contributed by atoms with Gasteiger partial charge in [0.1, 0.15) is 6.10 Å². The summed E-state index contributed by atoms with van der Waals surface area (Å²) in [7, 11) is 0. The largest absolute Gasteiger partial charge is 0.456 e. The smallest absolute Gasteiger partial charge is 0.306 e. The molecule has 202 valence electrons. The maximum Gasteiger partial charge on any atom is 0.306 e. The molecule has 0 aromatic heterocycles. The molecule has 2 atom stereocenters. The predicted octanol–water partition coefficient (Wildman–Crippen LogP) is 4.16. The summed E-state index contributed by atoms with van der Waals surface area (Å²) < 4.78 is 5.65. The molecule has 1 saturated heterocycles. The molecule has 2 N–H and O–H groups in total. The maximum atomic E-state index is 13.0. The number of cyclic esters (lactones) is 1. The molecule has 7 nitrogen and oxygen atoms in total. The molecule has 2 amide bonds. The second-order valence-corrected chi connectivity index (χ2v) is 10.3. The van der Waals surface area contributed by atoms with Gasteiger partial charge in [0, 0.05) is 25.9 Å². The number of carbonyl (C=O) groups is 3. The van der Waals surface area contributed by atoms with Crippen LogP contribution in [0.4, 0.5) is 0 Å². The van der Waals surface area contributed by atoms with Gasteiger partial charge in [0.15, 0.2) is 0 Å². The van der Waals surface area contributed by atoms with Gasteiger partial charge >= 0.3 is 5.97 Å². The zero-order valence-electron chi connectivity index (χ0n) is 22.0. The van der Waals surface area contributed by atoms with E-state index in [1.807, 2.05) is 48.6 Å². The van der Waals surface area contributed by atoms with Crippen LogP contribution in [0.5, 0.6) is 0 Å². The number of ether oxygens (including phenoxy) is 1. The van der Waals surface area contributed by atoms with E-state index in [-0.39, 0.29) is 37.2 Å². The molecule has 0 spiro atoms. The molecule has 2 heterocycles. The Hall–Kier alpha value is -3.45. The number of rotatable bonds is 7. The quantitative estimate of drug-likeness (QED) is 0.425. The van der Waals surface area contributed by atoms with E-state index in [9.17, 15) is 14.4 Å². The Balaban J connectivity index is 1.25. The van der Waals surface area contributed by atoms with Gasteiger partial charge in [-0.05, 0) is 55.8 Å². The molecular formula is C31H39N3O4. The fourth-order valence-corrected chi connectivity index (χ4v) is 5.06. The van der Waals surface area contributed by atoms with Crippen molar-refractivity contribution in [3.05, 3.63) is 83.9 Å². The summed E-state index contributed by atoms with van der Waals surface area (Å²) in [6, 6.07) is 19.9. The third kappa shape index (κ3) is 8.84. The minimum absolute atomic E-state index is 0.0941. The second-order valence-electron chi connectivity index (χ2n) is 10.3. The predicted molar refractivity (Wildman–Crippen MR) is 147 cm³/mol. The summed E-state index contributed by atoms with van der Waals surface area (Å²) in [5.41, 5.74) is 2.16.